The molecule has 336 valence electrons. The van der Waals surface area contributed by atoms with Crippen LogP contribution in [0.25, 0.3) is 0 Å². The Morgan fingerprint density at radius 1 is 0.459 bits per heavy atom. The Labute approximate surface area is 355 Å². The van der Waals surface area contributed by atoms with Crippen LogP contribution in [0.3, 0.4) is 0 Å². The summed E-state index contributed by atoms with van der Waals surface area (Å²) in [4.78, 5) is 101. The van der Waals surface area contributed by atoms with Gasteiger partial charge in [0, 0.05) is 55.1 Å². The van der Waals surface area contributed by atoms with E-state index in [1.54, 1.807) is 0 Å². The molecule has 0 spiro atoms. The lowest BCUT2D eigenvalue weighted by atomic mass is 9.75. The minimum atomic E-state index is -1.43. The summed E-state index contributed by atoms with van der Waals surface area (Å²) in [5.41, 5.74) is -2.50. The SMILES string of the molecule is C=CC(=O)OCC(CNC1CCC(CC2CCC(NC(=O)OCC(COC(=O)C=C)(COC(=O)C=C)COC(=O)C=C)CC2)CC1)(COC(=O)C=C)COC(=O)C=C.O=C=O. The second-order valence-electron chi connectivity index (χ2n) is 14.7. The van der Waals surface area contributed by atoms with Crippen molar-refractivity contribution in [3.63, 3.8) is 0 Å². The molecule has 2 rings (SSSR count). The Bertz CT molecular complexity index is 1460. The van der Waals surface area contributed by atoms with Crippen molar-refractivity contribution in [1.29, 1.82) is 0 Å². The second-order valence-corrected chi connectivity index (χ2v) is 14.7. The van der Waals surface area contributed by atoms with Crippen molar-refractivity contribution < 1.29 is 76.3 Å². The maximum Gasteiger partial charge on any atom is 0.407 e. The highest BCUT2D eigenvalue weighted by atomic mass is 16.6. The highest BCUT2D eigenvalue weighted by molar-refractivity contribution is 5.83. The molecule has 0 aliphatic heterocycles. The summed E-state index contributed by atoms with van der Waals surface area (Å²) in [6.45, 7) is 18.3. The number of hydrogen-bond acceptors (Lipinski definition) is 17. The van der Waals surface area contributed by atoms with Crippen LogP contribution in [-0.4, -0.2) is 113 Å². The monoisotopic (exact) mass is 858 g/mol. The average Bonchev–Trinajstić information content (AvgIpc) is 3.28. The van der Waals surface area contributed by atoms with Crippen LogP contribution in [0.4, 0.5) is 4.79 Å². The van der Waals surface area contributed by atoms with Crippen LogP contribution in [0.5, 0.6) is 0 Å². The van der Waals surface area contributed by atoms with Crippen molar-refractivity contribution in [2.45, 2.75) is 69.9 Å². The Balaban J connectivity index is 0.00000601. The molecule has 18 nitrogen and oxygen atoms in total. The van der Waals surface area contributed by atoms with Gasteiger partial charge in [0.2, 0.25) is 0 Å². The van der Waals surface area contributed by atoms with Gasteiger partial charge in [-0.2, -0.15) is 9.59 Å². The largest absolute Gasteiger partial charge is 0.462 e. The van der Waals surface area contributed by atoms with Gasteiger partial charge < -0.3 is 43.8 Å². The maximum atomic E-state index is 12.9. The molecule has 0 saturated heterocycles. The minimum Gasteiger partial charge on any atom is -0.462 e. The van der Waals surface area contributed by atoms with E-state index in [4.69, 9.17) is 42.7 Å². The lowest BCUT2D eigenvalue weighted by molar-refractivity contribution is -0.192. The topological polar surface area (TPSA) is 242 Å². The van der Waals surface area contributed by atoms with Gasteiger partial charge in [0.25, 0.3) is 0 Å². The number of rotatable bonds is 26. The Hall–Kier alpha value is -6.13. The van der Waals surface area contributed by atoms with Crippen LogP contribution in [0, 0.1) is 22.7 Å². The van der Waals surface area contributed by atoms with E-state index in [0.717, 1.165) is 94.2 Å². The maximum absolute atomic E-state index is 12.9. The van der Waals surface area contributed by atoms with Gasteiger partial charge in [0.05, 0.1) is 5.41 Å². The number of nitrogens with one attached hydrogen (secondary N) is 2. The molecule has 0 aromatic carbocycles. The lowest BCUT2D eigenvalue weighted by Crippen LogP contribution is -2.49. The van der Waals surface area contributed by atoms with Gasteiger partial charge in [0.15, 0.2) is 0 Å². The molecule has 0 heterocycles. The van der Waals surface area contributed by atoms with E-state index in [2.05, 4.69) is 50.1 Å². The molecule has 61 heavy (non-hydrogen) atoms. The number of esters is 6. The van der Waals surface area contributed by atoms with Gasteiger partial charge in [-0.1, -0.05) is 39.5 Å². The van der Waals surface area contributed by atoms with Crippen molar-refractivity contribution in [3.05, 3.63) is 75.9 Å². The van der Waals surface area contributed by atoms with E-state index in [1.807, 2.05) is 0 Å². The van der Waals surface area contributed by atoms with Gasteiger partial charge in [-0.25, -0.2) is 33.6 Å². The molecule has 2 aliphatic rings. The molecule has 0 unspecified atom stereocenters. The van der Waals surface area contributed by atoms with Gasteiger partial charge >= 0.3 is 48.1 Å². The molecular weight excluding hydrogens is 800 g/mol. The molecule has 18 heteroatoms. The molecule has 0 bridgehead atoms. The molecule has 2 aliphatic carbocycles. The first-order valence-corrected chi connectivity index (χ1v) is 19.6. The number of hydrogen-bond donors (Lipinski definition) is 2. The molecular formula is C43H58N2O16. The summed E-state index contributed by atoms with van der Waals surface area (Å²) in [5, 5.41) is 6.41. The number of amides is 1. The van der Waals surface area contributed by atoms with Crippen molar-refractivity contribution >= 4 is 48.1 Å². The van der Waals surface area contributed by atoms with Crippen LogP contribution < -0.4 is 10.6 Å². The Morgan fingerprint density at radius 3 is 1.05 bits per heavy atom. The molecule has 2 saturated carbocycles. The van der Waals surface area contributed by atoms with Crippen LogP contribution >= 0.6 is 0 Å². The third kappa shape index (κ3) is 21.6. The highest BCUT2D eigenvalue weighted by Crippen LogP contribution is 2.36. The predicted octanol–water partition coefficient (Wildman–Crippen LogP) is 3.57. The van der Waals surface area contributed by atoms with Crippen LogP contribution in [0.1, 0.15) is 57.8 Å². The predicted molar refractivity (Wildman–Crippen MR) is 215 cm³/mol. The number of carbonyl (C=O) groups excluding carboxylic acids is 9. The van der Waals surface area contributed by atoms with Gasteiger partial charge in [-0.3, -0.25) is 0 Å². The lowest BCUT2D eigenvalue weighted by Gasteiger charge is -2.37. The van der Waals surface area contributed by atoms with Gasteiger partial charge in [-0.15, -0.1) is 0 Å². The number of ether oxygens (including phenoxy) is 7. The normalized spacial score (nSPS) is 18.2. The fourth-order valence-electron chi connectivity index (χ4n) is 6.63. The fourth-order valence-corrected chi connectivity index (χ4v) is 6.63. The zero-order valence-electron chi connectivity index (χ0n) is 34.6. The Morgan fingerprint density at radius 2 is 0.738 bits per heavy atom. The van der Waals surface area contributed by atoms with Crippen molar-refractivity contribution in [2.75, 3.05) is 52.8 Å². The molecule has 0 aromatic rings. The van der Waals surface area contributed by atoms with Crippen LogP contribution in [-0.2, 0) is 71.5 Å². The van der Waals surface area contributed by atoms with E-state index >= 15 is 0 Å². The summed E-state index contributed by atoms with van der Waals surface area (Å²) in [7, 11) is 0. The molecule has 0 atom stereocenters. The fraction of sp³-hybridized carbons (Fsp3) is 0.535. The first-order valence-electron chi connectivity index (χ1n) is 19.6. The quantitative estimate of drug-likeness (QED) is 0.0718. The zero-order valence-corrected chi connectivity index (χ0v) is 34.6. The summed E-state index contributed by atoms with van der Waals surface area (Å²) >= 11 is 0. The summed E-state index contributed by atoms with van der Waals surface area (Å²) in [6.07, 6.45) is 13.5. The van der Waals surface area contributed by atoms with Crippen molar-refractivity contribution in [2.24, 2.45) is 22.7 Å². The molecule has 1 amide bonds. The third-order valence-corrected chi connectivity index (χ3v) is 10.1. The first-order chi connectivity index (χ1) is 29.1. The van der Waals surface area contributed by atoms with Gasteiger partial charge in [-0.05, 0) is 69.6 Å². The van der Waals surface area contributed by atoms with E-state index in [0.29, 0.717) is 11.8 Å². The summed E-state index contributed by atoms with van der Waals surface area (Å²) < 4.78 is 37.0. The van der Waals surface area contributed by atoms with Crippen LogP contribution in [0.15, 0.2) is 75.9 Å². The summed E-state index contributed by atoms with van der Waals surface area (Å²) in [6, 6.07) is 0.00846. The van der Waals surface area contributed by atoms with E-state index in [9.17, 15) is 33.6 Å². The van der Waals surface area contributed by atoms with E-state index < -0.39 is 79.2 Å². The molecule has 0 aromatic heterocycles. The average molecular weight is 859 g/mol. The number of alkyl carbamates (subject to hydrolysis) is 1. The smallest absolute Gasteiger partial charge is 0.407 e. The molecule has 2 N–H and O–H groups in total. The third-order valence-electron chi connectivity index (χ3n) is 10.1. The zero-order chi connectivity index (χ0) is 45.7. The van der Waals surface area contributed by atoms with Crippen molar-refractivity contribution in [1.82, 2.24) is 10.6 Å². The minimum absolute atomic E-state index is 0.128. The molecule has 2 fully saturated rings. The highest BCUT2D eigenvalue weighted by Gasteiger charge is 2.39. The first kappa shape index (κ1) is 52.9. The number of carbonyl (C=O) groups is 7. The van der Waals surface area contributed by atoms with Crippen LogP contribution in [0.2, 0.25) is 0 Å². The van der Waals surface area contributed by atoms with E-state index in [1.165, 1.54) is 0 Å². The molecule has 0 radical (unpaired) electrons. The second kappa shape index (κ2) is 29.2. The van der Waals surface area contributed by atoms with Crippen molar-refractivity contribution in [3.8, 4) is 0 Å². The standard InChI is InChI=1S/C42H58N2O14.CO2/c1-7-34(45)52-23-41(24-53-35(46)8-2,25-54-36(47)9-3)22-43-32-17-13-30(14-18-32)21-31-15-19-33(20-16-31)44-40(51)58-29-42(26-55-37(48)10-4,27-56-38(49)11-5)28-57-39(50)12-6;2-1-3/h7-12,30-33,43H,1-6,13-29H2,(H,44,51);. The van der Waals surface area contributed by atoms with Gasteiger partial charge in [0.1, 0.15) is 51.7 Å². The Kier molecular flexibility index (Phi) is 25.3. The summed E-state index contributed by atoms with van der Waals surface area (Å²) in [5.74, 6) is -3.34. The van der Waals surface area contributed by atoms with E-state index in [-0.39, 0.29) is 44.6 Å².